The summed E-state index contributed by atoms with van der Waals surface area (Å²) in [6.07, 6.45) is 2.82. The highest BCUT2D eigenvalue weighted by atomic mass is 79.9. The molecule has 1 heterocycles. The van der Waals surface area contributed by atoms with Crippen LogP contribution in [0.15, 0.2) is 27.3 Å². The van der Waals surface area contributed by atoms with Gasteiger partial charge in [-0.2, -0.15) is 0 Å². The van der Waals surface area contributed by atoms with Gasteiger partial charge in [0.1, 0.15) is 12.3 Å². The van der Waals surface area contributed by atoms with Gasteiger partial charge in [0, 0.05) is 19.2 Å². The van der Waals surface area contributed by atoms with E-state index in [0.29, 0.717) is 23.5 Å². The minimum absolute atomic E-state index is 0.321. The molecule has 0 radical (unpaired) electrons. The second kappa shape index (κ2) is 7.86. The van der Waals surface area contributed by atoms with Gasteiger partial charge in [-0.25, -0.2) is 0 Å². The minimum Gasteiger partial charge on any atom is -0.480 e. The SMILES string of the molecule is CN(C)CCN(CC(=O)O)C(=O)/C=C/c1ccc(Br)o1. The average Bonchev–Trinajstić information content (AvgIpc) is 2.76. The highest BCUT2D eigenvalue weighted by molar-refractivity contribution is 9.10. The largest absolute Gasteiger partial charge is 0.480 e. The van der Waals surface area contributed by atoms with Crippen LogP contribution in [0.4, 0.5) is 0 Å². The first-order valence-electron chi connectivity index (χ1n) is 5.97. The Kier molecular flexibility index (Phi) is 6.47. The summed E-state index contributed by atoms with van der Waals surface area (Å²) in [5, 5.41) is 8.83. The summed E-state index contributed by atoms with van der Waals surface area (Å²) in [5.41, 5.74) is 0. The van der Waals surface area contributed by atoms with Gasteiger partial charge in [-0.3, -0.25) is 9.59 Å². The molecule has 0 aliphatic rings. The Bertz CT molecular complexity index is 496. The topological polar surface area (TPSA) is 74.0 Å². The molecule has 0 saturated carbocycles. The molecule has 20 heavy (non-hydrogen) atoms. The summed E-state index contributed by atoms with van der Waals surface area (Å²) in [4.78, 5) is 25.9. The van der Waals surface area contributed by atoms with E-state index in [2.05, 4.69) is 15.9 Å². The third kappa shape index (κ3) is 6.03. The molecule has 7 heteroatoms. The first kappa shape index (κ1) is 16.5. The van der Waals surface area contributed by atoms with E-state index < -0.39 is 5.97 Å². The van der Waals surface area contributed by atoms with E-state index in [1.54, 1.807) is 12.1 Å². The van der Waals surface area contributed by atoms with Crippen LogP contribution in [0, 0.1) is 0 Å². The van der Waals surface area contributed by atoms with E-state index in [-0.39, 0.29) is 12.5 Å². The van der Waals surface area contributed by atoms with Crippen LogP contribution in [0.2, 0.25) is 0 Å². The first-order valence-corrected chi connectivity index (χ1v) is 6.76. The van der Waals surface area contributed by atoms with Gasteiger partial charge >= 0.3 is 5.97 Å². The Balaban J connectivity index is 2.66. The zero-order chi connectivity index (χ0) is 15.1. The number of furan rings is 1. The van der Waals surface area contributed by atoms with Gasteiger partial charge in [-0.15, -0.1) is 0 Å². The zero-order valence-corrected chi connectivity index (χ0v) is 13.0. The molecule has 110 valence electrons. The highest BCUT2D eigenvalue weighted by Gasteiger charge is 2.14. The van der Waals surface area contributed by atoms with Crippen molar-refractivity contribution in [2.45, 2.75) is 0 Å². The lowest BCUT2D eigenvalue weighted by Gasteiger charge is -2.21. The molecule has 0 bridgehead atoms. The molecule has 0 atom stereocenters. The number of amides is 1. The van der Waals surface area contributed by atoms with Crippen LogP contribution in [-0.4, -0.2) is 60.5 Å². The van der Waals surface area contributed by atoms with Gasteiger partial charge in [0.25, 0.3) is 0 Å². The number of aliphatic carboxylic acids is 1. The van der Waals surface area contributed by atoms with Crippen LogP contribution < -0.4 is 0 Å². The number of carbonyl (C=O) groups is 2. The van der Waals surface area contributed by atoms with Crippen LogP contribution in [0.1, 0.15) is 5.76 Å². The number of hydrogen-bond donors (Lipinski definition) is 1. The molecule has 1 aromatic heterocycles. The monoisotopic (exact) mass is 344 g/mol. The molecule has 0 saturated heterocycles. The highest BCUT2D eigenvalue weighted by Crippen LogP contribution is 2.15. The summed E-state index contributed by atoms with van der Waals surface area (Å²) in [7, 11) is 3.72. The Morgan fingerprint density at radius 1 is 1.35 bits per heavy atom. The maximum atomic E-state index is 12.0. The van der Waals surface area contributed by atoms with Crippen molar-refractivity contribution in [3.8, 4) is 0 Å². The second-order valence-corrected chi connectivity index (χ2v) is 5.21. The van der Waals surface area contributed by atoms with Crippen molar-refractivity contribution in [1.82, 2.24) is 9.80 Å². The van der Waals surface area contributed by atoms with Crippen LogP contribution in [-0.2, 0) is 9.59 Å². The molecule has 1 aromatic rings. The summed E-state index contributed by atoms with van der Waals surface area (Å²) < 4.78 is 5.80. The van der Waals surface area contributed by atoms with E-state index in [0.717, 1.165) is 0 Å². The molecule has 0 aliphatic heterocycles. The lowest BCUT2D eigenvalue weighted by molar-refractivity contribution is -0.142. The molecular formula is C13H17BrN2O4. The first-order chi connectivity index (χ1) is 9.38. The minimum atomic E-state index is -1.04. The van der Waals surface area contributed by atoms with Crippen LogP contribution >= 0.6 is 15.9 Å². The summed E-state index contributed by atoms with van der Waals surface area (Å²) in [6.45, 7) is 0.627. The number of nitrogens with zero attached hydrogens (tertiary/aromatic N) is 2. The molecule has 0 spiro atoms. The maximum absolute atomic E-state index is 12.0. The number of carboxylic acid groups (broad SMARTS) is 1. The van der Waals surface area contributed by atoms with Crippen LogP contribution in [0.25, 0.3) is 6.08 Å². The van der Waals surface area contributed by atoms with E-state index in [1.807, 2.05) is 19.0 Å². The summed E-state index contributed by atoms with van der Waals surface area (Å²) in [6, 6.07) is 3.42. The number of hydrogen-bond acceptors (Lipinski definition) is 4. The van der Waals surface area contributed by atoms with Crippen molar-refractivity contribution in [1.29, 1.82) is 0 Å². The van der Waals surface area contributed by atoms with E-state index in [4.69, 9.17) is 9.52 Å². The molecule has 6 nitrogen and oxygen atoms in total. The molecule has 0 aliphatic carbocycles. The fraction of sp³-hybridized carbons (Fsp3) is 0.385. The van der Waals surface area contributed by atoms with Crippen molar-refractivity contribution in [2.24, 2.45) is 0 Å². The predicted octanol–water partition coefficient (Wildman–Crippen LogP) is 1.53. The predicted molar refractivity (Wildman–Crippen MR) is 78.2 cm³/mol. The number of rotatable bonds is 7. The van der Waals surface area contributed by atoms with Crippen molar-refractivity contribution in [3.63, 3.8) is 0 Å². The lowest BCUT2D eigenvalue weighted by Crippen LogP contribution is -2.39. The Hall–Kier alpha value is -1.60. The molecule has 0 unspecified atom stereocenters. The standard InChI is InChI=1S/C13H17BrN2O4/c1-15(2)7-8-16(9-13(18)19)12(17)6-4-10-3-5-11(14)20-10/h3-6H,7-9H2,1-2H3,(H,18,19)/b6-4+. The summed E-state index contributed by atoms with van der Waals surface area (Å²) >= 11 is 3.16. The zero-order valence-electron chi connectivity index (χ0n) is 11.4. The Labute approximate surface area is 125 Å². The molecule has 1 N–H and O–H groups in total. The number of carbonyl (C=O) groups excluding carboxylic acids is 1. The number of halogens is 1. The van der Waals surface area contributed by atoms with Crippen molar-refractivity contribution in [2.75, 3.05) is 33.7 Å². The van der Waals surface area contributed by atoms with E-state index >= 15 is 0 Å². The van der Waals surface area contributed by atoms with Crippen LogP contribution in [0.5, 0.6) is 0 Å². The third-order valence-electron chi connectivity index (χ3n) is 2.44. The number of carboxylic acids is 1. The molecule has 0 aromatic carbocycles. The quantitative estimate of drug-likeness (QED) is 0.759. The lowest BCUT2D eigenvalue weighted by atomic mass is 10.3. The van der Waals surface area contributed by atoms with Gasteiger partial charge in [-0.1, -0.05) is 0 Å². The van der Waals surface area contributed by atoms with E-state index in [9.17, 15) is 9.59 Å². The van der Waals surface area contributed by atoms with E-state index in [1.165, 1.54) is 17.1 Å². The molecule has 0 fully saturated rings. The smallest absolute Gasteiger partial charge is 0.323 e. The maximum Gasteiger partial charge on any atom is 0.323 e. The van der Waals surface area contributed by atoms with Crippen LogP contribution in [0.3, 0.4) is 0 Å². The van der Waals surface area contributed by atoms with Crippen molar-refractivity contribution in [3.05, 3.63) is 28.6 Å². The second-order valence-electron chi connectivity index (χ2n) is 4.43. The summed E-state index contributed by atoms with van der Waals surface area (Å²) in [5.74, 6) is -0.874. The van der Waals surface area contributed by atoms with Gasteiger partial charge < -0.3 is 19.3 Å². The Morgan fingerprint density at radius 2 is 2.05 bits per heavy atom. The fourth-order valence-corrected chi connectivity index (χ4v) is 1.75. The van der Waals surface area contributed by atoms with Gasteiger partial charge in [-0.05, 0) is 48.2 Å². The fourth-order valence-electron chi connectivity index (χ4n) is 1.43. The van der Waals surface area contributed by atoms with Gasteiger partial charge in [0.15, 0.2) is 4.67 Å². The molecule has 1 amide bonds. The Morgan fingerprint density at radius 3 is 2.55 bits per heavy atom. The normalized spacial score (nSPS) is 11.2. The average molecular weight is 345 g/mol. The number of likely N-dealkylation sites (N-methyl/N-ethyl adjacent to an activating group) is 1. The third-order valence-corrected chi connectivity index (χ3v) is 2.87. The van der Waals surface area contributed by atoms with Gasteiger partial charge in [0.2, 0.25) is 5.91 Å². The van der Waals surface area contributed by atoms with Crippen molar-refractivity contribution < 1.29 is 19.1 Å². The van der Waals surface area contributed by atoms with Crippen molar-refractivity contribution >= 4 is 33.9 Å². The molecule has 1 rings (SSSR count). The molecular weight excluding hydrogens is 328 g/mol. The van der Waals surface area contributed by atoms with Gasteiger partial charge in [0.05, 0.1) is 0 Å².